The van der Waals surface area contributed by atoms with Crippen LogP contribution in [0.2, 0.25) is 0 Å². The van der Waals surface area contributed by atoms with Gasteiger partial charge >= 0.3 is 12.1 Å². The molecule has 1 aromatic rings. The highest BCUT2D eigenvalue weighted by atomic mass is 16.6. The van der Waals surface area contributed by atoms with Gasteiger partial charge in [0.05, 0.1) is 14.2 Å². The van der Waals surface area contributed by atoms with Crippen LogP contribution >= 0.6 is 0 Å². The van der Waals surface area contributed by atoms with E-state index >= 15 is 0 Å². The number of hydrogen-bond acceptors (Lipinski definition) is 6. The van der Waals surface area contributed by atoms with E-state index in [9.17, 15) is 14.4 Å². The molecule has 2 rings (SSSR count). The maximum absolute atomic E-state index is 12.8. The highest BCUT2D eigenvalue weighted by molar-refractivity contribution is 6.14. The number of esters is 1. The minimum atomic E-state index is -1.07. The number of ether oxygens (including phenoxy) is 3. The number of ketones is 1. The lowest BCUT2D eigenvalue weighted by Gasteiger charge is -2.20. The van der Waals surface area contributed by atoms with Gasteiger partial charge in [-0.15, -0.1) is 0 Å². The Bertz CT molecular complexity index is 715. The SMILES string of the molecule is COC(=O)C1(C(=O)c2ccc(OC)c(CNC(=O)OC(C)(C)C)c2)CC1. The molecule has 0 heterocycles. The van der Waals surface area contributed by atoms with Gasteiger partial charge in [-0.2, -0.15) is 0 Å². The molecule has 1 fully saturated rings. The normalized spacial score (nSPS) is 15.0. The zero-order chi connectivity index (χ0) is 19.5. The third kappa shape index (κ3) is 4.33. The zero-order valence-corrected chi connectivity index (χ0v) is 15.8. The van der Waals surface area contributed by atoms with Crippen molar-refractivity contribution in [3.8, 4) is 5.75 Å². The molecule has 0 aromatic heterocycles. The zero-order valence-electron chi connectivity index (χ0n) is 15.8. The van der Waals surface area contributed by atoms with Crippen LogP contribution in [-0.2, 0) is 20.8 Å². The lowest BCUT2D eigenvalue weighted by Crippen LogP contribution is -2.32. The first-order valence-electron chi connectivity index (χ1n) is 8.40. The fourth-order valence-electron chi connectivity index (χ4n) is 2.66. The molecule has 1 amide bonds. The van der Waals surface area contributed by atoms with Crippen LogP contribution in [0.1, 0.15) is 49.5 Å². The number of carbonyl (C=O) groups excluding carboxylic acids is 3. The molecule has 0 aliphatic heterocycles. The van der Waals surface area contributed by atoms with Gasteiger partial charge in [-0.1, -0.05) is 0 Å². The highest BCUT2D eigenvalue weighted by Gasteiger charge is 2.57. The molecular formula is C19H25NO6. The summed E-state index contributed by atoms with van der Waals surface area (Å²) in [4.78, 5) is 36.5. The van der Waals surface area contributed by atoms with Gasteiger partial charge in [-0.3, -0.25) is 9.59 Å². The van der Waals surface area contributed by atoms with Crippen molar-refractivity contribution in [1.82, 2.24) is 5.32 Å². The predicted molar refractivity (Wildman–Crippen MR) is 94.1 cm³/mol. The van der Waals surface area contributed by atoms with E-state index in [4.69, 9.17) is 14.2 Å². The van der Waals surface area contributed by atoms with Gasteiger partial charge in [0, 0.05) is 17.7 Å². The second kappa shape index (κ2) is 7.35. The molecular weight excluding hydrogens is 338 g/mol. The number of alkyl carbamates (subject to hydrolysis) is 1. The highest BCUT2D eigenvalue weighted by Crippen LogP contribution is 2.49. The first-order chi connectivity index (χ1) is 12.1. The summed E-state index contributed by atoms with van der Waals surface area (Å²) in [5.41, 5.74) is -0.677. The fourth-order valence-corrected chi connectivity index (χ4v) is 2.66. The van der Waals surface area contributed by atoms with E-state index in [2.05, 4.69) is 5.32 Å². The Labute approximate surface area is 153 Å². The van der Waals surface area contributed by atoms with Crippen molar-refractivity contribution in [2.75, 3.05) is 14.2 Å². The summed E-state index contributed by atoms with van der Waals surface area (Å²) in [6.45, 7) is 5.45. The number of nitrogens with one attached hydrogen (secondary N) is 1. The Balaban J connectivity index is 2.17. The van der Waals surface area contributed by atoms with E-state index in [1.54, 1.807) is 39.0 Å². The molecule has 0 spiro atoms. The largest absolute Gasteiger partial charge is 0.496 e. The Morgan fingerprint density at radius 2 is 1.81 bits per heavy atom. The van der Waals surface area contributed by atoms with E-state index in [-0.39, 0.29) is 12.3 Å². The van der Waals surface area contributed by atoms with Crippen LogP contribution < -0.4 is 10.1 Å². The molecule has 1 saturated carbocycles. The van der Waals surface area contributed by atoms with Gasteiger partial charge in [-0.05, 0) is 51.8 Å². The van der Waals surface area contributed by atoms with Crippen LogP contribution in [0.3, 0.4) is 0 Å². The van der Waals surface area contributed by atoms with Crippen LogP contribution in [0.4, 0.5) is 4.79 Å². The second-order valence-corrected chi connectivity index (χ2v) is 7.28. The van der Waals surface area contributed by atoms with E-state index < -0.39 is 23.1 Å². The van der Waals surface area contributed by atoms with Crippen LogP contribution in [0.5, 0.6) is 5.75 Å². The van der Waals surface area contributed by atoms with Gasteiger partial charge in [0.15, 0.2) is 5.78 Å². The molecule has 1 aromatic carbocycles. The van der Waals surface area contributed by atoms with Crippen molar-refractivity contribution in [3.63, 3.8) is 0 Å². The van der Waals surface area contributed by atoms with Crippen LogP contribution in [0.25, 0.3) is 0 Å². The molecule has 0 atom stereocenters. The fraction of sp³-hybridized carbons (Fsp3) is 0.526. The van der Waals surface area contributed by atoms with E-state index in [0.717, 1.165) is 0 Å². The van der Waals surface area contributed by atoms with Crippen LogP contribution in [0, 0.1) is 5.41 Å². The number of methoxy groups -OCH3 is 2. The number of Topliss-reactive ketones (excluding diaryl/α,β-unsaturated/α-hetero) is 1. The smallest absolute Gasteiger partial charge is 0.407 e. The number of benzene rings is 1. The maximum Gasteiger partial charge on any atom is 0.407 e. The second-order valence-electron chi connectivity index (χ2n) is 7.28. The Hall–Kier alpha value is -2.57. The lowest BCUT2D eigenvalue weighted by atomic mass is 9.93. The van der Waals surface area contributed by atoms with Gasteiger partial charge < -0.3 is 19.5 Å². The summed E-state index contributed by atoms with van der Waals surface area (Å²) in [7, 11) is 2.78. The quantitative estimate of drug-likeness (QED) is 0.475. The van der Waals surface area contributed by atoms with Gasteiger partial charge in [0.2, 0.25) is 0 Å². The molecule has 0 unspecified atom stereocenters. The monoisotopic (exact) mass is 363 g/mol. The van der Waals surface area contributed by atoms with Crippen molar-refractivity contribution < 1.29 is 28.6 Å². The lowest BCUT2D eigenvalue weighted by molar-refractivity contribution is -0.145. The molecule has 26 heavy (non-hydrogen) atoms. The third-order valence-corrected chi connectivity index (χ3v) is 4.13. The number of rotatable bonds is 6. The van der Waals surface area contributed by atoms with E-state index in [0.29, 0.717) is 29.7 Å². The molecule has 0 bridgehead atoms. The van der Waals surface area contributed by atoms with E-state index in [1.807, 2.05) is 0 Å². The Morgan fingerprint density at radius 1 is 1.15 bits per heavy atom. The maximum atomic E-state index is 12.8. The molecule has 1 aliphatic carbocycles. The summed E-state index contributed by atoms with van der Waals surface area (Å²) in [6.07, 6.45) is 0.399. The van der Waals surface area contributed by atoms with Crippen LogP contribution in [-0.4, -0.2) is 37.7 Å². The average molecular weight is 363 g/mol. The van der Waals surface area contributed by atoms with E-state index in [1.165, 1.54) is 14.2 Å². The van der Waals surface area contributed by atoms with Crippen LogP contribution in [0.15, 0.2) is 18.2 Å². The molecule has 7 heteroatoms. The minimum Gasteiger partial charge on any atom is -0.496 e. The van der Waals surface area contributed by atoms with Gasteiger partial charge in [-0.25, -0.2) is 4.79 Å². The third-order valence-electron chi connectivity index (χ3n) is 4.13. The summed E-state index contributed by atoms with van der Waals surface area (Å²) in [6, 6.07) is 4.88. The Kier molecular flexibility index (Phi) is 5.59. The summed E-state index contributed by atoms with van der Waals surface area (Å²) in [5.74, 6) is -0.252. The first-order valence-corrected chi connectivity index (χ1v) is 8.40. The molecule has 7 nitrogen and oxygen atoms in total. The Morgan fingerprint density at radius 3 is 2.31 bits per heavy atom. The van der Waals surface area contributed by atoms with Crippen molar-refractivity contribution in [2.24, 2.45) is 5.41 Å². The summed E-state index contributed by atoms with van der Waals surface area (Å²) in [5, 5.41) is 2.64. The summed E-state index contributed by atoms with van der Waals surface area (Å²) >= 11 is 0. The predicted octanol–water partition coefficient (Wildman–Crippen LogP) is 2.86. The van der Waals surface area contributed by atoms with Gasteiger partial charge in [0.25, 0.3) is 0 Å². The first kappa shape index (κ1) is 19.8. The number of carbonyl (C=O) groups is 3. The van der Waals surface area contributed by atoms with Gasteiger partial charge in [0.1, 0.15) is 16.8 Å². The average Bonchev–Trinajstić information content (AvgIpc) is 3.38. The van der Waals surface area contributed by atoms with Crippen molar-refractivity contribution >= 4 is 17.8 Å². The minimum absolute atomic E-state index is 0.129. The molecule has 1 N–H and O–H groups in total. The molecule has 0 radical (unpaired) electrons. The standard InChI is InChI=1S/C19H25NO6/c1-18(2,3)26-17(23)20-11-13-10-12(6-7-14(13)24-4)15(21)19(8-9-19)16(22)25-5/h6-7,10H,8-9,11H2,1-5H3,(H,20,23). The van der Waals surface area contributed by atoms with Crippen molar-refractivity contribution in [2.45, 2.75) is 45.8 Å². The number of amides is 1. The van der Waals surface area contributed by atoms with Crippen molar-refractivity contribution in [1.29, 1.82) is 0 Å². The van der Waals surface area contributed by atoms with Crippen molar-refractivity contribution in [3.05, 3.63) is 29.3 Å². The number of hydrogen-bond donors (Lipinski definition) is 1. The molecule has 1 aliphatic rings. The summed E-state index contributed by atoms with van der Waals surface area (Å²) < 4.78 is 15.3. The molecule has 142 valence electrons. The molecule has 0 saturated heterocycles. The topological polar surface area (TPSA) is 90.9 Å².